The Labute approximate surface area is 156 Å². The van der Waals surface area contributed by atoms with E-state index in [9.17, 15) is 22.4 Å². The number of aliphatic hydroxyl groups is 1. The first kappa shape index (κ1) is 21.0. The highest BCUT2D eigenvalue weighted by molar-refractivity contribution is 5.94. The number of amides is 1. The fraction of sp³-hybridized carbons (Fsp3) is 0.167. The van der Waals surface area contributed by atoms with Gasteiger partial charge in [-0.15, -0.1) is 0 Å². The van der Waals surface area contributed by atoms with Gasteiger partial charge in [-0.25, -0.2) is 4.39 Å². The SMILES string of the molecule is FC(F)(F)c1ccccc1-c1ncon1.O=C(NCCO)c1ccc(F)cc1. The number of aliphatic hydroxyl groups excluding tert-OH is 1. The first-order valence-corrected chi connectivity index (χ1v) is 7.90. The van der Waals surface area contributed by atoms with Crippen LogP contribution in [-0.2, 0) is 6.18 Å². The van der Waals surface area contributed by atoms with Gasteiger partial charge >= 0.3 is 6.18 Å². The Bertz CT molecular complexity index is 882. The highest BCUT2D eigenvalue weighted by Gasteiger charge is 2.34. The molecule has 0 aliphatic carbocycles. The summed E-state index contributed by atoms with van der Waals surface area (Å²) in [5.41, 5.74) is -0.472. The number of hydrogen-bond donors (Lipinski definition) is 2. The molecule has 0 bridgehead atoms. The van der Waals surface area contributed by atoms with Gasteiger partial charge in [-0.05, 0) is 30.3 Å². The van der Waals surface area contributed by atoms with Crippen LogP contribution in [0, 0.1) is 5.82 Å². The Morgan fingerprint density at radius 3 is 2.36 bits per heavy atom. The Kier molecular flexibility index (Phi) is 7.21. The minimum Gasteiger partial charge on any atom is -0.395 e. The molecule has 1 heterocycles. The highest BCUT2D eigenvalue weighted by atomic mass is 19.4. The zero-order valence-corrected chi connectivity index (χ0v) is 14.3. The van der Waals surface area contributed by atoms with Crippen molar-refractivity contribution in [3.63, 3.8) is 0 Å². The van der Waals surface area contributed by atoms with E-state index in [0.717, 1.165) is 12.5 Å². The largest absolute Gasteiger partial charge is 0.417 e. The predicted molar refractivity (Wildman–Crippen MR) is 90.6 cm³/mol. The summed E-state index contributed by atoms with van der Waals surface area (Å²) in [7, 11) is 0. The van der Waals surface area contributed by atoms with Crippen molar-refractivity contribution in [2.24, 2.45) is 0 Å². The fourth-order valence-corrected chi connectivity index (χ4v) is 2.09. The lowest BCUT2D eigenvalue weighted by atomic mass is 10.1. The summed E-state index contributed by atoms with van der Waals surface area (Å²) in [6, 6.07) is 10.3. The van der Waals surface area contributed by atoms with E-state index in [4.69, 9.17) is 5.11 Å². The molecule has 2 aromatic carbocycles. The molecule has 0 saturated carbocycles. The summed E-state index contributed by atoms with van der Waals surface area (Å²) in [5, 5.41) is 14.3. The molecule has 28 heavy (non-hydrogen) atoms. The quantitative estimate of drug-likeness (QED) is 0.660. The standard InChI is InChI=1S/C9H5F3N2O.C9H10FNO2/c10-9(11,12)7-4-2-1-3-6(7)8-13-5-15-14-8;10-8-3-1-7(2-4-8)9(13)11-5-6-12/h1-5H;1-4,12H,5-6H2,(H,11,13). The van der Waals surface area contributed by atoms with Gasteiger partial charge in [0.25, 0.3) is 5.91 Å². The molecule has 0 atom stereocenters. The van der Waals surface area contributed by atoms with Gasteiger partial charge in [-0.1, -0.05) is 23.4 Å². The first-order valence-electron chi connectivity index (χ1n) is 7.90. The number of carbonyl (C=O) groups is 1. The molecule has 3 rings (SSSR count). The maximum atomic E-state index is 12.6. The number of nitrogens with zero attached hydrogens (tertiary/aromatic N) is 2. The molecule has 0 spiro atoms. The summed E-state index contributed by atoms with van der Waals surface area (Å²) >= 11 is 0. The topological polar surface area (TPSA) is 88.2 Å². The lowest BCUT2D eigenvalue weighted by Crippen LogP contribution is -2.26. The molecular weight excluding hydrogens is 382 g/mol. The number of aromatic nitrogens is 2. The monoisotopic (exact) mass is 397 g/mol. The third kappa shape index (κ3) is 5.88. The highest BCUT2D eigenvalue weighted by Crippen LogP contribution is 2.35. The number of benzene rings is 2. The maximum absolute atomic E-state index is 12.6. The van der Waals surface area contributed by atoms with Crippen LogP contribution in [0.3, 0.4) is 0 Å². The van der Waals surface area contributed by atoms with Gasteiger partial charge in [0.05, 0.1) is 12.2 Å². The number of halogens is 4. The van der Waals surface area contributed by atoms with E-state index < -0.39 is 11.7 Å². The van der Waals surface area contributed by atoms with Crippen molar-refractivity contribution >= 4 is 5.91 Å². The summed E-state index contributed by atoms with van der Waals surface area (Å²) in [5.74, 6) is -0.754. The van der Waals surface area contributed by atoms with Crippen LogP contribution in [0.2, 0.25) is 0 Å². The predicted octanol–water partition coefficient (Wildman–Crippen LogP) is 3.30. The Balaban J connectivity index is 0.000000203. The normalized spacial score (nSPS) is 10.8. The van der Waals surface area contributed by atoms with Crippen LogP contribution >= 0.6 is 0 Å². The third-order valence-electron chi connectivity index (χ3n) is 3.34. The van der Waals surface area contributed by atoms with Crippen molar-refractivity contribution in [2.75, 3.05) is 13.2 Å². The number of carbonyl (C=O) groups excluding carboxylic acids is 1. The van der Waals surface area contributed by atoms with Gasteiger partial charge < -0.3 is 14.9 Å². The molecule has 1 aromatic heterocycles. The molecule has 0 unspecified atom stereocenters. The van der Waals surface area contributed by atoms with Crippen molar-refractivity contribution in [3.8, 4) is 11.4 Å². The minimum atomic E-state index is -4.42. The van der Waals surface area contributed by atoms with Crippen molar-refractivity contribution < 1.29 is 32.0 Å². The van der Waals surface area contributed by atoms with Gasteiger partial charge in [0.15, 0.2) is 0 Å². The number of hydrogen-bond acceptors (Lipinski definition) is 5. The van der Waals surface area contributed by atoms with Crippen molar-refractivity contribution in [1.82, 2.24) is 15.5 Å². The molecule has 6 nitrogen and oxygen atoms in total. The summed E-state index contributed by atoms with van der Waals surface area (Å²) < 4.78 is 54.5. The molecule has 10 heteroatoms. The summed E-state index contributed by atoms with van der Waals surface area (Å²) in [6.45, 7) is 0.100. The molecule has 148 valence electrons. The zero-order valence-electron chi connectivity index (χ0n) is 14.3. The lowest BCUT2D eigenvalue weighted by molar-refractivity contribution is -0.137. The Morgan fingerprint density at radius 1 is 1.11 bits per heavy atom. The van der Waals surface area contributed by atoms with E-state index in [0.29, 0.717) is 5.56 Å². The van der Waals surface area contributed by atoms with Crippen molar-refractivity contribution in [1.29, 1.82) is 0 Å². The average Bonchev–Trinajstić information content (AvgIpc) is 3.21. The third-order valence-corrected chi connectivity index (χ3v) is 3.34. The molecule has 0 aliphatic heterocycles. The van der Waals surface area contributed by atoms with E-state index in [2.05, 4.69) is 20.0 Å². The summed E-state index contributed by atoms with van der Waals surface area (Å²) in [6.07, 6.45) is -3.43. The van der Waals surface area contributed by atoms with Gasteiger partial charge in [0.1, 0.15) is 5.82 Å². The second-order valence-electron chi connectivity index (χ2n) is 5.28. The van der Waals surface area contributed by atoms with Crippen LogP contribution in [0.25, 0.3) is 11.4 Å². The van der Waals surface area contributed by atoms with E-state index in [1.807, 2.05) is 0 Å². The Hall–Kier alpha value is -3.27. The van der Waals surface area contributed by atoms with Gasteiger partial charge in [0.2, 0.25) is 12.2 Å². The van der Waals surface area contributed by atoms with Crippen LogP contribution in [-0.4, -0.2) is 34.3 Å². The Morgan fingerprint density at radius 2 is 1.79 bits per heavy atom. The van der Waals surface area contributed by atoms with Crippen LogP contribution in [0.4, 0.5) is 17.6 Å². The van der Waals surface area contributed by atoms with Crippen LogP contribution in [0.5, 0.6) is 0 Å². The van der Waals surface area contributed by atoms with E-state index in [1.165, 1.54) is 42.5 Å². The van der Waals surface area contributed by atoms with E-state index >= 15 is 0 Å². The van der Waals surface area contributed by atoms with Gasteiger partial charge in [0, 0.05) is 17.7 Å². The number of alkyl halides is 3. The molecule has 2 N–H and O–H groups in total. The molecular formula is C18H15F4N3O3. The van der Waals surface area contributed by atoms with E-state index in [-0.39, 0.29) is 36.3 Å². The van der Waals surface area contributed by atoms with Gasteiger partial charge in [-0.2, -0.15) is 18.2 Å². The van der Waals surface area contributed by atoms with Gasteiger partial charge in [-0.3, -0.25) is 4.79 Å². The van der Waals surface area contributed by atoms with Crippen LogP contribution in [0.15, 0.2) is 59.4 Å². The lowest BCUT2D eigenvalue weighted by Gasteiger charge is -2.09. The first-order chi connectivity index (χ1) is 13.3. The number of nitrogens with one attached hydrogen (secondary N) is 1. The molecule has 1 amide bonds. The molecule has 0 saturated heterocycles. The molecule has 0 fully saturated rings. The van der Waals surface area contributed by atoms with Crippen molar-refractivity contribution in [2.45, 2.75) is 6.18 Å². The van der Waals surface area contributed by atoms with Crippen molar-refractivity contribution in [3.05, 3.63) is 71.9 Å². The summed E-state index contributed by atoms with van der Waals surface area (Å²) in [4.78, 5) is 14.8. The number of rotatable bonds is 4. The van der Waals surface area contributed by atoms with Crippen LogP contribution in [0.1, 0.15) is 15.9 Å². The van der Waals surface area contributed by atoms with Crippen LogP contribution < -0.4 is 5.32 Å². The molecule has 0 radical (unpaired) electrons. The van der Waals surface area contributed by atoms with E-state index in [1.54, 1.807) is 0 Å². The second-order valence-corrected chi connectivity index (χ2v) is 5.28. The molecule has 3 aromatic rings. The molecule has 0 aliphatic rings. The fourth-order valence-electron chi connectivity index (χ4n) is 2.09. The maximum Gasteiger partial charge on any atom is 0.417 e. The smallest absolute Gasteiger partial charge is 0.395 e. The minimum absolute atomic E-state index is 0.0667. The second kappa shape index (κ2) is 9.60. The average molecular weight is 397 g/mol. The zero-order chi connectivity index (χ0) is 20.6.